The number of rotatable bonds is 2. The molecule has 0 atom stereocenters. The number of nitrogens with zero attached hydrogens (tertiary/aromatic N) is 2. The first-order valence-corrected chi connectivity index (χ1v) is 6.27. The predicted molar refractivity (Wildman–Crippen MR) is 71.4 cm³/mol. The zero-order chi connectivity index (χ0) is 12.4. The Kier molecular flexibility index (Phi) is 2.74. The van der Waals surface area contributed by atoms with Crippen molar-refractivity contribution in [2.75, 3.05) is 0 Å². The molecule has 1 N–H and O–H groups in total. The van der Waals surface area contributed by atoms with Crippen LogP contribution in [0.5, 0.6) is 0 Å². The second-order valence-electron chi connectivity index (χ2n) is 3.69. The largest absolute Gasteiger partial charge is 0.268 e. The number of aromatic nitrogens is 3. The van der Waals surface area contributed by atoms with Crippen LogP contribution < -0.4 is 5.56 Å². The van der Waals surface area contributed by atoms with Crippen molar-refractivity contribution < 1.29 is 0 Å². The van der Waals surface area contributed by atoms with Gasteiger partial charge in [-0.3, -0.25) is 9.78 Å². The van der Waals surface area contributed by atoms with E-state index in [4.69, 9.17) is 0 Å². The number of hydrogen-bond acceptors (Lipinski definition) is 4. The predicted octanol–water partition coefficient (Wildman–Crippen LogP) is 2.56. The molecule has 0 aliphatic carbocycles. The van der Waals surface area contributed by atoms with Crippen LogP contribution in [-0.4, -0.2) is 15.2 Å². The summed E-state index contributed by atoms with van der Waals surface area (Å²) < 4.78 is 0. The lowest BCUT2D eigenvalue weighted by molar-refractivity contribution is 0.998. The third kappa shape index (κ3) is 1.96. The van der Waals surface area contributed by atoms with E-state index < -0.39 is 0 Å². The van der Waals surface area contributed by atoms with E-state index in [-0.39, 0.29) is 5.56 Å². The van der Waals surface area contributed by atoms with Crippen molar-refractivity contribution in [3.05, 3.63) is 58.3 Å². The molecular weight excluding hydrogens is 246 g/mol. The number of pyridine rings is 1. The number of aromatic amines is 1. The second kappa shape index (κ2) is 4.54. The molecule has 3 aromatic rings. The quantitative estimate of drug-likeness (QED) is 0.765. The average molecular weight is 255 g/mol. The summed E-state index contributed by atoms with van der Waals surface area (Å²) >= 11 is 1.58. The molecule has 0 amide bonds. The molecule has 0 spiro atoms. The molecule has 0 radical (unpaired) electrons. The molecular formula is C13H9N3OS. The van der Waals surface area contributed by atoms with Crippen LogP contribution in [0, 0.1) is 0 Å². The molecule has 3 heterocycles. The van der Waals surface area contributed by atoms with Crippen LogP contribution in [0.25, 0.3) is 21.8 Å². The van der Waals surface area contributed by atoms with E-state index in [9.17, 15) is 4.79 Å². The van der Waals surface area contributed by atoms with Crippen LogP contribution in [0.3, 0.4) is 0 Å². The first-order chi connectivity index (χ1) is 8.84. The highest BCUT2D eigenvalue weighted by Gasteiger charge is 2.11. The third-order valence-corrected chi connectivity index (χ3v) is 3.38. The van der Waals surface area contributed by atoms with Gasteiger partial charge in [0.25, 0.3) is 5.56 Å². The first kappa shape index (κ1) is 10.9. The van der Waals surface area contributed by atoms with E-state index in [2.05, 4.69) is 15.2 Å². The minimum absolute atomic E-state index is 0.226. The lowest BCUT2D eigenvalue weighted by Crippen LogP contribution is -2.08. The van der Waals surface area contributed by atoms with Gasteiger partial charge in [0.2, 0.25) is 0 Å². The Labute approximate surface area is 107 Å². The smallest absolute Gasteiger partial charge is 0.264 e. The maximum Gasteiger partial charge on any atom is 0.264 e. The van der Waals surface area contributed by atoms with E-state index in [0.29, 0.717) is 0 Å². The molecule has 4 nitrogen and oxygen atoms in total. The SMILES string of the molecule is O=c1cc(-c2ccccn2)c(-c2cccs2)n[nH]1. The standard InChI is InChI=1S/C13H9N3OS/c17-12-8-9(10-4-1-2-6-14-10)13(16-15-12)11-5-3-7-18-11/h1-8H,(H,15,17). The van der Waals surface area contributed by atoms with Crippen LogP contribution in [0.15, 0.2) is 52.8 Å². The summed E-state index contributed by atoms with van der Waals surface area (Å²) in [6.45, 7) is 0. The van der Waals surface area contributed by atoms with Crippen LogP contribution >= 0.6 is 11.3 Å². The molecule has 0 unspecified atom stereocenters. The van der Waals surface area contributed by atoms with Crippen molar-refractivity contribution in [2.24, 2.45) is 0 Å². The summed E-state index contributed by atoms with van der Waals surface area (Å²) in [6.07, 6.45) is 1.70. The molecule has 0 aliphatic heterocycles. The van der Waals surface area contributed by atoms with Gasteiger partial charge in [-0.1, -0.05) is 12.1 Å². The Bertz CT molecular complexity index is 705. The molecule has 0 bridgehead atoms. The summed E-state index contributed by atoms with van der Waals surface area (Å²) in [5.41, 5.74) is 2.03. The third-order valence-electron chi connectivity index (χ3n) is 2.50. The molecule has 0 fully saturated rings. The number of thiophene rings is 1. The molecule has 0 aromatic carbocycles. The van der Waals surface area contributed by atoms with E-state index in [1.165, 1.54) is 6.07 Å². The normalized spacial score (nSPS) is 10.4. The van der Waals surface area contributed by atoms with Gasteiger partial charge in [0.1, 0.15) is 5.69 Å². The van der Waals surface area contributed by atoms with Crippen LogP contribution in [0.4, 0.5) is 0 Å². The number of nitrogens with one attached hydrogen (secondary N) is 1. The van der Waals surface area contributed by atoms with Crippen LogP contribution in [0.2, 0.25) is 0 Å². The zero-order valence-corrected chi connectivity index (χ0v) is 10.1. The molecule has 88 valence electrons. The highest BCUT2D eigenvalue weighted by atomic mass is 32.1. The van der Waals surface area contributed by atoms with Crippen molar-refractivity contribution in [1.82, 2.24) is 15.2 Å². The molecule has 18 heavy (non-hydrogen) atoms. The van der Waals surface area contributed by atoms with Crippen LogP contribution in [0.1, 0.15) is 0 Å². The number of H-pyrrole nitrogens is 1. The highest BCUT2D eigenvalue weighted by Crippen LogP contribution is 2.30. The fourth-order valence-corrected chi connectivity index (χ4v) is 2.45. The Morgan fingerprint density at radius 1 is 1.17 bits per heavy atom. The minimum Gasteiger partial charge on any atom is -0.268 e. The Balaban J connectivity index is 2.25. The molecule has 5 heteroatoms. The van der Waals surface area contributed by atoms with Crippen molar-refractivity contribution in [2.45, 2.75) is 0 Å². The van der Waals surface area contributed by atoms with Gasteiger partial charge < -0.3 is 0 Å². The summed E-state index contributed by atoms with van der Waals surface area (Å²) in [7, 11) is 0. The summed E-state index contributed by atoms with van der Waals surface area (Å²) in [5.74, 6) is 0. The zero-order valence-electron chi connectivity index (χ0n) is 9.33. The van der Waals surface area contributed by atoms with E-state index in [0.717, 1.165) is 21.8 Å². The monoisotopic (exact) mass is 255 g/mol. The van der Waals surface area contributed by atoms with E-state index >= 15 is 0 Å². The second-order valence-corrected chi connectivity index (χ2v) is 4.63. The topological polar surface area (TPSA) is 58.6 Å². The van der Waals surface area contributed by atoms with Gasteiger partial charge in [-0.15, -0.1) is 11.3 Å². The molecule has 3 aromatic heterocycles. The summed E-state index contributed by atoms with van der Waals surface area (Å²) in [4.78, 5) is 16.7. The fourth-order valence-electron chi connectivity index (χ4n) is 1.72. The van der Waals surface area contributed by atoms with Crippen molar-refractivity contribution in [3.8, 4) is 21.8 Å². The molecule has 0 saturated heterocycles. The van der Waals surface area contributed by atoms with Crippen molar-refractivity contribution in [3.63, 3.8) is 0 Å². The van der Waals surface area contributed by atoms with Crippen molar-refractivity contribution in [1.29, 1.82) is 0 Å². The van der Waals surface area contributed by atoms with Gasteiger partial charge in [-0.25, -0.2) is 5.10 Å². The van der Waals surface area contributed by atoms with Gasteiger partial charge in [0, 0.05) is 17.8 Å². The fraction of sp³-hybridized carbons (Fsp3) is 0. The van der Waals surface area contributed by atoms with E-state index in [1.54, 1.807) is 17.5 Å². The van der Waals surface area contributed by atoms with Crippen molar-refractivity contribution >= 4 is 11.3 Å². The molecule has 0 aliphatic rings. The van der Waals surface area contributed by atoms with Gasteiger partial charge >= 0.3 is 0 Å². The molecule has 3 rings (SSSR count). The Morgan fingerprint density at radius 3 is 2.83 bits per heavy atom. The highest BCUT2D eigenvalue weighted by molar-refractivity contribution is 7.13. The van der Waals surface area contributed by atoms with Gasteiger partial charge in [0.05, 0.1) is 10.6 Å². The van der Waals surface area contributed by atoms with E-state index in [1.807, 2.05) is 35.7 Å². The lowest BCUT2D eigenvalue weighted by atomic mass is 10.1. The average Bonchev–Trinajstić information content (AvgIpc) is 2.93. The van der Waals surface area contributed by atoms with Gasteiger partial charge in [0.15, 0.2) is 0 Å². The molecule has 0 saturated carbocycles. The lowest BCUT2D eigenvalue weighted by Gasteiger charge is -2.04. The maximum absolute atomic E-state index is 11.4. The first-order valence-electron chi connectivity index (χ1n) is 5.39. The Hall–Kier alpha value is -2.27. The maximum atomic E-state index is 11.4. The Morgan fingerprint density at radius 2 is 2.11 bits per heavy atom. The van der Waals surface area contributed by atoms with Gasteiger partial charge in [-0.05, 0) is 23.6 Å². The summed E-state index contributed by atoms with van der Waals surface area (Å²) in [6, 6.07) is 11.1. The minimum atomic E-state index is -0.226. The number of hydrogen-bond donors (Lipinski definition) is 1. The summed E-state index contributed by atoms with van der Waals surface area (Å²) in [5, 5.41) is 8.58. The van der Waals surface area contributed by atoms with Gasteiger partial charge in [-0.2, -0.15) is 5.10 Å². The van der Waals surface area contributed by atoms with Crippen LogP contribution in [-0.2, 0) is 0 Å².